The molecule has 1 aliphatic heterocycles. The number of anilines is 2. The van der Waals surface area contributed by atoms with Crippen molar-refractivity contribution in [3.8, 4) is 0 Å². The molecule has 1 aliphatic rings. The Kier molecular flexibility index (Phi) is 5.71. The molecule has 164 valence electrons. The van der Waals surface area contributed by atoms with E-state index in [0.717, 1.165) is 22.5 Å². The average Bonchev–Trinajstić information content (AvgIpc) is 3.21. The first-order chi connectivity index (χ1) is 16.1. The van der Waals surface area contributed by atoms with Gasteiger partial charge < -0.3 is 15.2 Å². The molecule has 33 heavy (non-hydrogen) atoms. The van der Waals surface area contributed by atoms with Crippen LogP contribution < -0.4 is 10.6 Å². The van der Waals surface area contributed by atoms with Gasteiger partial charge in [-0.1, -0.05) is 48.0 Å². The number of fused-ring (bicyclic) bond motifs is 2. The van der Waals surface area contributed by atoms with Gasteiger partial charge in [0.25, 0.3) is 0 Å². The van der Waals surface area contributed by atoms with Gasteiger partial charge in [-0.15, -0.1) is 0 Å². The van der Waals surface area contributed by atoms with Crippen molar-refractivity contribution in [1.29, 1.82) is 0 Å². The molecular weight excluding hydrogens is 434 g/mol. The number of ketones is 1. The normalized spacial score (nSPS) is 14.4. The number of hydrogen-bond acceptors (Lipinski definition) is 3. The maximum absolute atomic E-state index is 13.5. The van der Waals surface area contributed by atoms with Crippen molar-refractivity contribution >= 4 is 34.7 Å². The van der Waals surface area contributed by atoms with Gasteiger partial charge >= 0.3 is 0 Å². The number of amides is 1. The molecule has 0 saturated carbocycles. The lowest BCUT2D eigenvalue weighted by atomic mass is 10.0. The molecule has 2 heterocycles. The Morgan fingerprint density at radius 1 is 0.939 bits per heavy atom. The highest BCUT2D eigenvalue weighted by Gasteiger charge is 2.27. The van der Waals surface area contributed by atoms with Crippen LogP contribution in [-0.2, 0) is 17.8 Å². The van der Waals surface area contributed by atoms with E-state index in [1.807, 2.05) is 54.7 Å². The Morgan fingerprint density at radius 3 is 2.52 bits per heavy atom. The van der Waals surface area contributed by atoms with Crippen LogP contribution in [0.1, 0.15) is 33.2 Å². The molecule has 2 N–H and O–H groups in total. The van der Waals surface area contributed by atoms with Crippen LogP contribution in [0.5, 0.6) is 0 Å². The molecule has 4 aromatic rings. The van der Waals surface area contributed by atoms with Gasteiger partial charge in [0, 0.05) is 40.4 Å². The summed E-state index contributed by atoms with van der Waals surface area (Å²) in [6.45, 7) is 0.714. The summed E-state index contributed by atoms with van der Waals surface area (Å²) in [7, 11) is 0. The van der Waals surface area contributed by atoms with Gasteiger partial charge in [0.15, 0.2) is 5.78 Å². The highest BCUT2D eigenvalue weighted by Crippen LogP contribution is 2.31. The molecule has 1 atom stereocenters. The quantitative estimate of drug-likeness (QED) is 0.378. The van der Waals surface area contributed by atoms with Crippen LogP contribution in [0.2, 0.25) is 5.02 Å². The van der Waals surface area contributed by atoms with Crippen LogP contribution in [0, 0.1) is 0 Å². The minimum absolute atomic E-state index is 0.0272. The lowest BCUT2D eigenvalue weighted by Gasteiger charge is -2.18. The first-order valence-corrected chi connectivity index (χ1v) is 11.1. The van der Waals surface area contributed by atoms with Gasteiger partial charge in [-0.3, -0.25) is 9.59 Å². The molecule has 5 rings (SSSR count). The van der Waals surface area contributed by atoms with Crippen molar-refractivity contribution < 1.29 is 9.59 Å². The summed E-state index contributed by atoms with van der Waals surface area (Å²) in [6, 6.07) is 25.8. The maximum atomic E-state index is 13.5. The molecule has 0 radical (unpaired) electrons. The third-order valence-corrected chi connectivity index (χ3v) is 6.21. The highest BCUT2D eigenvalue weighted by atomic mass is 35.5. The molecule has 0 bridgehead atoms. The van der Waals surface area contributed by atoms with E-state index in [9.17, 15) is 9.59 Å². The summed E-state index contributed by atoms with van der Waals surface area (Å²) < 4.78 is 2.10. The van der Waals surface area contributed by atoms with E-state index in [2.05, 4.69) is 21.3 Å². The number of hydrogen-bond donors (Lipinski definition) is 2. The van der Waals surface area contributed by atoms with E-state index < -0.39 is 6.04 Å². The first-order valence-electron chi connectivity index (χ1n) is 10.8. The van der Waals surface area contributed by atoms with E-state index in [1.54, 1.807) is 30.3 Å². The first kappa shape index (κ1) is 21.0. The molecule has 5 nitrogen and oxygen atoms in total. The average molecular weight is 456 g/mol. The lowest BCUT2D eigenvalue weighted by Crippen LogP contribution is -2.22. The summed E-state index contributed by atoms with van der Waals surface area (Å²) in [4.78, 5) is 25.9. The SMILES string of the molecule is O=C(Cc1ccccc1Cl)Nc1ccc(C(=O)C2Nc3ccccc3Cn3cccc32)cc1. The molecule has 1 amide bonds. The van der Waals surface area contributed by atoms with Crippen molar-refractivity contribution in [3.63, 3.8) is 0 Å². The predicted molar refractivity (Wildman–Crippen MR) is 131 cm³/mol. The summed E-state index contributed by atoms with van der Waals surface area (Å²) in [6.07, 6.45) is 2.18. The Labute approximate surface area is 197 Å². The molecule has 0 spiro atoms. The van der Waals surface area contributed by atoms with Gasteiger partial charge in [0.2, 0.25) is 5.91 Å². The van der Waals surface area contributed by atoms with E-state index in [1.165, 1.54) is 0 Å². The van der Waals surface area contributed by atoms with Gasteiger partial charge in [-0.25, -0.2) is 0 Å². The Morgan fingerprint density at radius 2 is 1.70 bits per heavy atom. The second-order valence-corrected chi connectivity index (χ2v) is 8.46. The molecule has 6 heteroatoms. The lowest BCUT2D eigenvalue weighted by molar-refractivity contribution is -0.115. The molecule has 0 aliphatic carbocycles. The highest BCUT2D eigenvalue weighted by molar-refractivity contribution is 6.31. The van der Waals surface area contributed by atoms with Crippen LogP contribution in [0.25, 0.3) is 0 Å². The standard InChI is InChI=1S/C27H22ClN3O2/c28-22-8-3-1-6-19(22)16-25(32)29-21-13-11-18(12-14-21)27(33)26-24-10-5-15-31(24)17-20-7-2-4-9-23(20)30-26/h1-15,26,30H,16-17H2,(H,29,32). The Bertz CT molecular complexity index is 1330. The third kappa shape index (κ3) is 4.41. The molecule has 1 unspecified atom stereocenters. The van der Waals surface area contributed by atoms with Crippen molar-refractivity contribution in [2.75, 3.05) is 10.6 Å². The van der Waals surface area contributed by atoms with Crippen LogP contribution in [0.15, 0.2) is 91.1 Å². The second kappa shape index (κ2) is 8.96. The summed E-state index contributed by atoms with van der Waals surface area (Å²) >= 11 is 6.15. The Hall–Kier alpha value is -3.83. The number of aromatic nitrogens is 1. The minimum atomic E-state index is -0.496. The summed E-state index contributed by atoms with van der Waals surface area (Å²) in [5.41, 5.74) is 5.00. The fraction of sp³-hybridized carbons (Fsp3) is 0.111. The molecule has 0 fully saturated rings. The number of Topliss-reactive ketones (excluding diaryl/α,β-unsaturated/α-hetero) is 1. The van der Waals surface area contributed by atoms with Gasteiger partial charge in [-0.05, 0) is 59.7 Å². The predicted octanol–water partition coefficient (Wildman–Crippen LogP) is 5.72. The number of para-hydroxylation sites is 1. The van der Waals surface area contributed by atoms with Gasteiger partial charge in [0.1, 0.15) is 6.04 Å². The van der Waals surface area contributed by atoms with Crippen molar-refractivity contribution in [2.45, 2.75) is 19.0 Å². The smallest absolute Gasteiger partial charge is 0.228 e. The van der Waals surface area contributed by atoms with E-state index in [-0.39, 0.29) is 18.1 Å². The second-order valence-electron chi connectivity index (χ2n) is 8.05. The van der Waals surface area contributed by atoms with Crippen LogP contribution in [0.4, 0.5) is 11.4 Å². The minimum Gasteiger partial charge on any atom is -0.370 e. The maximum Gasteiger partial charge on any atom is 0.228 e. The number of rotatable bonds is 5. The number of benzene rings is 3. The number of nitrogens with zero attached hydrogens (tertiary/aromatic N) is 1. The molecule has 0 saturated heterocycles. The largest absolute Gasteiger partial charge is 0.370 e. The van der Waals surface area contributed by atoms with Gasteiger partial charge in [0.05, 0.1) is 6.42 Å². The zero-order valence-electron chi connectivity index (χ0n) is 17.8. The van der Waals surface area contributed by atoms with Crippen molar-refractivity contribution in [3.05, 3.63) is 119 Å². The van der Waals surface area contributed by atoms with Crippen LogP contribution in [-0.4, -0.2) is 16.3 Å². The molecule has 1 aromatic heterocycles. The third-order valence-electron chi connectivity index (χ3n) is 5.84. The number of carbonyl (C=O) groups excluding carboxylic acids is 2. The van der Waals surface area contributed by atoms with E-state index >= 15 is 0 Å². The fourth-order valence-corrected chi connectivity index (χ4v) is 4.35. The van der Waals surface area contributed by atoms with Gasteiger partial charge in [-0.2, -0.15) is 0 Å². The Balaban J connectivity index is 1.33. The number of halogens is 1. The van der Waals surface area contributed by atoms with Crippen molar-refractivity contribution in [2.24, 2.45) is 0 Å². The van der Waals surface area contributed by atoms with Crippen LogP contribution >= 0.6 is 11.6 Å². The number of nitrogens with one attached hydrogen (secondary N) is 2. The zero-order valence-corrected chi connectivity index (χ0v) is 18.5. The fourth-order valence-electron chi connectivity index (χ4n) is 4.15. The van der Waals surface area contributed by atoms with Crippen molar-refractivity contribution in [1.82, 2.24) is 4.57 Å². The van der Waals surface area contributed by atoms with E-state index in [0.29, 0.717) is 22.8 Å². The summed E-state index contributed by atoms with van der Waals surface area (Å²) in [5, 5.41) is 6.86. The van der Waals surface area contributed by atoms with E-state index in [4.69, 9.17) is 11.6 Å². The summed E-state index contributed by atoms with van der Waals surface area (Å²) in [5.74, 6) is -0.192. The van der Waals surface area contributed by atoms with Crippen LogP contribution in [0.3, 0.4) is 0 Å². The zero-order chi connectivity index (χ0) is 22.8. The molecular formula is C27H22ClN3O2. The topological polar surface area (TPSA) is 63.1 Å². The monoisotopic (exact) mass is 455 g/mol. The molecule has 3 aromatic carbocycles. The number of carbonyl (C=O) groups is 2.